The molecule has 0 fully saturated rings. The third-order valence-electron chi connectivity index (χ3n) is 1.17. The van der Waals surface area contributed by atoms with E-state index in [0.29, 0.717) is 0 Å². The Bertz CT molecular complexity index is 54.5. The zero-order valence-corrected chi connectivity index (χ0v) is 5.85. The Morgan fingerprint density at radius 2 is 2.00 bits per heavy atom. The lowest BCUT2D eigenvalue weighted by atomic mass is 10.2. The average Bonchev–Trinajstić information content (AvgIpc) is 1.67. The largest absolute Gasteiger partial charge is 0.377 e. The third-order valence-corrected chi connectivity index (χ3v) is 1.17. The average molecular weight is 117 g/mol. The first-order chi connectivity index (χ1) is 3.68. The summed E-state index contributed by atoms with van der Waals surface area (Å²) in [6.45, 7) is 6.65. The molecule has 0 spiro atoms. The van der Waals surface area contributed by atoms with Crippen LogP contribution in [0.15, 0.2) is 0 Å². The summed E-state index contributed by atoms with van der Waals surface area (Å²) in [6.07, 6.45) is 0.194. The van der Waals surface area contributed by atoms with Crippen molar-refractivity contribution in [1.29, 1.82) is 0 Å². The van der Waals surface area contributed by atoms with Gasteiger partial charge in [0.05, 0.1) is 6.10 Å². The third kappa shape index (κ3) is 2.99. The van der Waals surface area contributed by atoms with Gasteiger partial charge in [0.2, 0.25) is 0 Å². The zero-order chi connectivity index (χ0) is 6.57. The Kier molecular flexibility index (Phi) is 3.83. The van der Waals surface area contributed by atoms with Gasteiger partial charge in [-0.05, 0) is 20.8 Å². The number of hydrogen-bond donors (Lipinski definition) is 1. The highest BCUT2D eigenvalue weighted by Crippen LogP contribution is 1.92. The van der Waals surface area contributed by atoms with Gasteiger partial charge < -0.3 is 10.5 Å². The lowest BCUT2D eigenvalue weighted by Crippen LogP contribution is -2.31. The van der Waals surface area contributed by atoms with Crippen molar-refractivity contribution in [2.24, 2.45) is 5.73 Å². The molecule has 0 aromatic rings. The van der Waals surface area contributed by atoms with Crippen LogP contribution in [0.3, 0.4) is 0 Å². The van der Waals surface area contributed by atoms with E-state index in [2.05, 4.69) is 0 Å². The fraction of sp³-hybridized carbons (Fsp3) is 1.00. The molecule has 0 aliphatic carbocycles. The first kappa shape index (κ1) is 7.92. The minimum atomic E-state index is 0.148. The van der Waals surface area contributed by atoms with Crippen LogP contribution in [0.1, 0.15) is 20.8 Å². The van der Waals surface area contributed by atoms with Crippen molar-refractivity contribution in [2.75, 3.05) is 6.61 Å². The maximum absolute atomic E-state index is 5.50. The first-order valence-corrected chi connectivity index (χ1v) is 3.05. The van der Waals surface area contributed by atoms with Crippen molar-refractivity contribution in [3.05, 3.63) is 0 Å². The maximum Gasteiger partial charge on any atom is 0.0694 e. The molecule has 0 saturated heterocycles. The molecule has 2 atom stereocenters. The van der Waals surface area contributed by atoms with E-state index in [-0.39, 0.29) is 12.1 Å². The van der Waals surface area contributed by atoms with Crippen LogP contribution >= 0.6 is 0 Å². The van der Waals surface area contributed by atoms with Gasteiger partial charge >= 0.3 is 0 Å². The van der Waals surface area contributed by atoms with Gasteiger partial charge in [-0.15, -0.1) is 0 Å². The Hall–Kier alpha value is -0.0800. The van der Waals surface area contributed by atoms with E-state index in [1.54, 1.807) is 0 Å². The molecular weight excluding hydrogens is 102 g/mol. The van der Waals surface area contributed by atoms with Crippen molar-refractivity contribution >= 4 is 0 Å². The van der Waals surface area contributed by atoms with Gasteiger partial charge in [-0.2, -0.15) is 0 Å². The highest BCUT2D eigenvalue weighted by Gasteiger charge is 2.04. The molecule has 0 radical (unpaired) electrons. The van der Waals surface area contributed by atoms with Crippen molar-refractivity contribution in [3.63, 3.8) is 0 Å². The molecule has 2 unspecified atom stereocenters. The molecule has 0 saturated carbocycles. The summed E-state index contributed by atoms with van der Waals surface area (Å²) in [7, 11) is 0. The fourth-order valence-electron chi connectivity index (χ4n) is 0.415. The number of nitrogens with two attached hydrogens (primary N) is 1. The van der Waals surface area contributed by atoms with Gasteiger partial charge in [-0.3, -0.25) is 0 Å². The van der Waals surface area contributed by atoms with Crippen molar-refractivity contribution in [3.8, 4) is 0 Å². The molecule has 0 aromatic heterocycles. The lowest BCUT2D eigenvalue weighted by Gasteiger charge is -2.14. The fourth-order valence-corrected chi connectivity index (χ4v) is 0.415. The molecule has 50 valence electrons. The smallest absolute Gasteiger partial charge is 0.0694 e. The summed E-state index contributed by atoms with van der Waals surface area (Å²) in [5, 5.41) is 0. The van der Waals surface area contributed by atoms with E-state index in [0.717, 1.165) is 6.61 Å². The summed E-state index contributed by atoms with van der Waals surface area (Å²) in [6, 6.07) is 0.148. The SMILES string of the molecule is CCOC(C)C(C)N. The molecule has 8 heavy (non-hydrogen) atoms. The van der Waals surface area contributed by atoms with Gasteiger partial charge in [0, 0.05) is 12.6 Å². The molecule has 0 aliphatic heterocycles. The monoisotopic (exact) mass is 117 g/mol. The van der Waals surface area contributed by atoms with Crippen LogP contribution in [-0.2, 0) is 4.74 Å². The standard InChI is InChI=1S/C6H15NO/c1-4-8-6(3)5(2)7/h5-6H,4,7H2,1-3H3. The topological polar surface area (TPSA) is 35.2 Å². The van der Waals surface area contributed by atoms with Gasteiger partial charge in [-0.1, -0.05) is 0 Å². The predicted octanol–water partition coefficient (Wildman–Crippen LogP) is 0.759. The lowest BCUT2D eigenvalue weighted by molar-refractivity contribution is 0.0618. The summed E-state index contributed by atoms with van der Waals surface area (Å²) in [5.74, 6) is 0. The molecule has 0 bridgehead atoms. The van der Waals surface area contributed by atoms with Crippen LogP contribution < -0.4 is 5.73 Å². The van der Waals surface area contributed by atoms with E-state index < -0.39 is 0 Å². The Balaban J connectivity index is 3.17. The summed E-state index contributed by atoms with van der Waals surface area (Å²) in [5.41, 5.74) is 5.50. The molecule has 2 N–H and O–H groups in total. The van der Waals surface area contributed by atoms with E-state index >= 15 is 0 Å². The highest BCUT2D eigenvalue weighted by molar-refractivity contribution is 4.60. The van der Waals surface area contributed by atoms with Crippen molar-refractivity contribution in [1.82, 2.24) is 0 Å². The van der Waals surface area contributed by atoms with E-state index in [4.69, 9.17) is 10.5 Å². The molecule has 2 nitrogen and oxygen atoms in total. The molecule has 2 heteroatoms. The molecule has 0 aromatic carbocycles. The summed E-state index contributed by atoms with van der Waals surface area (Å²) in [4.78, 5) is 0. The second kappa shape index (κ2) is 3.87. The predicted molar refractivity (Wildman–Crippen MR) is 34.7 cm³/mol. The van der Waals surface area contributed by atoms with E-state index in [1.165, 1.54) is 0 Å². The van der Waals surface area contributed by atoms with E-state index in [1.807, 2.05) is 20.8 Å². The normalized spacial score (nSPS) is 18.0. The second-order valence-corrected chi connectivity index (χ2v) is 2.02. The molecule has 0 amide bonds. The van der Waals surface area contributed by atoms with Crippen LogP contribution in [0.5, 0.6) is 0 Å². The van der Waals surface area contributed by atoms with Crippen LogP contribution in [0.4, 0.5) is 0 Å². The zero-order valence-electron chi connectivity index (χ0n) is 5.85. The van der Waals surface area contributed by atoms with Crippen molar-refractivity contribution in [2.45, 2.75) is 32.9 Å². The Morgan fingerprint density at radius 3 is 2.12 bits per heavy atom. The highest BCUT2D eigenvalue weighted by atomic mass is 16.5. The van der Waals surface area contributed by atoms with Crippen LogP contribution in [-0.4, -0.2) is 18.8 Å². The van der Waals surface area contributed by atoms with Gasteiger partial charge in [0.1, 0.15) is 0 Å². The first-order valence-electron chi connectivity index (χ1n) is 3.05. The number of ether oxygens (including phenoxy) is 1. The number of hydrogen-bond acceptors (Lipinski definition) is 2. The summed E-state index contributed by atoms with van der Waals surface area (Å²) < 4.78 is 5.18. The van der Waals surface area contributed by atoms with Gasteiger partial charge in [0.25, 0.3) is 0 Å². The quantitative estimate of drug-likeness (QED) is 0.592. The van der Waals surface area contributed by atoms with Gasteiger partial charge in [-0.25, -0.2) is 0 Å². The minimum absolute atomic E-state index is 0.148. The Morgan fingerprint density at radius 1 is 1.50 bits per heavy atom. The maximum atomic E-state index is 5.50. The molecule has 0 aliphatic rings. The van der Waals surface area contributed by atoms with E-state index in [9.17, 15) is 0 Å². The van der Waals surface area contributed by atoms with Crippen LogP contribution in [0, 0.1) is 0 Å². The van der Waals surface area contributed by atoms with Crippen LogP contribution in [0.2, 0.25) is 0 Å². The minimum Gasteiger partial charge on any atom is -0.377 e. The molecule has 0 heterocycles. The van der Waals surface area contributed by atoms with Gasteiger partial charge in [0.15, 0.2) is 0 Å². The molecule has 0 rings (SSSR count). The van der Waals surface area contributed by atoms with Crippen LogP contribution in [0.25, 0.3) is 0 Å². The summed E-state index contributed by atoms with van der Waals surface area (Å²) >= 11 is 0. The number of rotatable bonds is 3. The molecular formula is C6H15NO. The second-order valence-electron chi connectivity index (χ2n) is 2.02. The van der Waals surface area contributed by atoms with Crippen molar-refractivity contribution < 1.29 is 4.74 Å². The Labute approximate surface area is 51.0 Å².